The summed E-state index contributed by atoms with van der Waals surface area (Å²) in [6.45, 7) is 20.7. The van der Waals surface area contributed by atoms with Gasteiger partial charge in [-0.15, -0.1) is 0 Å². The minimum atomic E-state index is -1.82. The van der Waals surface area contributed by atoms with E-state index in [9.17, 15) is 15.0 Å². The van der Waals surface area contributed by atoms with Crippen LogP contribution >= 0.6 is 0 Å². The van der Waals surface area contributed by atoms with Gasteiger partial charge in [-0.05, 0) is 99.6 Å². The molecule has 4 aliphatic carbocycles. The van der Waals surface area contributed by atoms with Gasteiger partial charge in [0.05, 0.1) is 18.6 Å². The highest BCUT2D eigenvalue weighted by Crippen LogP contribution is 2.68. The van der Waals surface area contributed by atoms with Crippen molar-refractivity contribution in [3.63, 3.8) is 0 Å². The van der Waals surface area contributed by atoms with Crippen LogP contribution in [0.5, 0.6) is 0 Å². The maximum absolute atomic E-state index is 13.2. The van der Waals surface area contributed by atoms with E-state index in [-0.39, 0.29) is 22.3 Å². The molecule has 0 unspecified atom stereocenters. The molecule has 0 radical (unpaired) electrons. The Bertz CT molecular complexity index is 970. The Hall–Kier alpha value is -0.693. The van der Waals surface area contributed by atoms with Gasteiger partial charge < -0.3 is 19.4 Å². The van der Waals surface area contributed by atoms with Gasteiger partial charge >= 0.3 is 5.97 Å². The van der Waals surface area contributed by atoms with Gasteiger partial charge in [0.1, 0.15) is 5.60 Å². The molecular formula is C35H62O5Si. The maximum atomic E-state index is 13.2. The zero-order chi connectivity index (χ0) is 30.4. The first kappa shape index (κ1) is 33.2. The van der Waals surface area contributed by atoms with Gasteiger partial charge in [-0.3, -0.25) is 4.79 Å². The van der Waals surface area contributed by atoms with E-state index >= 15 is 0 Å². The summed E-state index contributed by atoms with van der Waals surface area (Å²) in [4.78, 5) is 13.2. The quantitative estimate of drug-likeness (QED) is 0.116. The van der Waals surface area contributed by atoms with E-state index < -0.39 is 31.4 Å². The summed E-state index contributed by atoms with van der Waals surface area (Å²) in [5, 5.41) is 23.9. The molecule has 0 aliphatic heterocycles. The standard InChI is InChI=1S/C35H62O5Si/c1-10-11-12-13-14-21-39-31(37)24(2)35(38)30(36)23-29-27-16-15-25-22-26(40-41(8,9)32(3,4)5)17-19-33(25,6)28(27)18-20-34(29,35)7/h15,24,26-30,36,38H,10-14,16-23H2,1-9H3/t24-,26+,27-,28+,29+,30+,33+,34+,35-/m1/s1. The molecule has 2 N–H and O–H groups in total. The first-order chi connectivity index (χ1) is 19.0. The van der Waals surface area contributed by atoms with Gasteiger partial charge in [-0.1, -0.05) is 78.9 Å². The van der Waals surface area contributed by atoms with Crippen LogP contribution in [-0.2, 0) is 14.0 Å². The Morgan fingerprint density at radius 3 is 2.44 bits per heavy atom. The third kappa shape index (κ3) is 5.78. The van der Waals surface area contributed by atoms with Crippen molar-refractivity contribution in [3.05, 3.63) is 11.6 Å². The van der Waals surface area contributed by atoms with Crippen molar-refractivity contribution in [1.29, 1.82) is 0 Å². The number of allylic oxidation sites excluding steroid dienone is 1. The summed E-state index contributed by atoms with van der Waals surface area (Å²) in [7, 11) is -1.82. The summed E-state index contributed by atoms with van der Waals surface area (Å²) in [6.07, 6.45) is 14.1. The number of rotatable bonds is 10. The Morgan fingerprint density at radius 2 is 1.78 bits per heavy atom. The highest BCUT2D eigenvalue weighted by Gasteiger charge is 2.69. The monoisotopic (exact) mass is 590 g/mol. The van der Waals surface area contributed by atoms with E-state index in [4.69, 9.17) is 9.16 Å². The van der Waals surface area contributed by atoms with Gasteiger partial charge in [0.15, 0.2) is 8.32 Å². The fourth-order valence-electron chi connectivity index (χ4n) is 9.34. The molecule has 4 rings (SSSR count). The predicted octanol–water partition coefficient (Wildman–Crippen LogP) is 8.19. The zero-order valence-electron chi connectivity index (χ0n) is 27.9. The molecule has 0 aromatic rings. The number of esters is 1. The molecule has 3 saturated carbocycles. The summed E-state index contributed by atoms with van der Waals surface area (Å²) in [5.74, 6) is 0.0679. The summed E-state index contributed by atoms with van der Waals surface area (Å²) in [6, 6.07) is 0. The van der Waals surface area contributed by atoms with Crippen LogP contribution in [0.1, 0.15) is 126 Å². The van der Waals surface area contributed by atoms with Crippen LogP contribution < -0.4 is 0 Å². The Morgan fingerprint density at radius 1 is 1.10 bits per heavy atom. The van der Waals surface area contributed by atoms with E-state index in [1.54, 1.807) is 12.5 Å². The van der Waals surface area contributed by atoms with Gasteiger partial charge in [0.25, 0.3) is 0 Å². The second-order valence-electron chi connectivity index (χ2n) is 16.3. The number of ether oxygens (including phenoxy) is 1. The second kappa shape index (κ2) is 12.0. The molecular weight excluding hydrogens is 528 g/mol. The number of carbonyl (C=O) groups is 1. The zero-order valence-corrected chi connectivity index (χ0v) is 28.9. The Balaban J connectivity index is 1.47. The first-order valence-electron chi connectivity index (χ1n) is 17.0. The molecule has 5 nitrogen and oxygen atoms in total. The molecule has 0 bridgehead atoms. The number of hydrogen-bond donors (Lipinski definition) is 2. The van der Waals surface area contributed by atoms with Crippen LogP contribution in [0.3, 0.4) is 0 Å². The van der Waals surface area contributed by atoms with Crippen LogP contribution in [0, 0.1) is 34.5 Å². The Kier molecular flexibility index (Phi) is 9.72. The molecule has 0 heterocycles. The highest BCUT2D eigenvalue weighted by molar-refractivity contribution is 6.74. The fourth-order valence-corrected chi connectivity index (χ4v) is 10.7. The third-order valence-corrected chi connectivity index (χ3v) is 17.7. The molecule has 0 aromatic carbocycles. The topological polar surface area (TPSA) is 76.0 Å². The van der Waals surface area contributed by atoms with Crippen molar-refractivity contribution in [3.8, 4) is 0 Å². The molecule has 0 amide bonds. The summed E-state index contributed by atoms with van der Waals surface area (Å²) >= 11 is 0. The van der Waals surface area contributed by atoms with E-state index in [0.29, 0.717) is 31.0 Å². The fraction of sp³-hybridized carbons (Fsp3) is 0.914. The van der Waals surface area contributed by atoms with E-state index in [1.165, 1.54) is 12.8 Å². The van der Waals surface area contributed by atoms with E-state index in [1.807, 2.05) is 0 Å². The minimum absolute atomic E-state index is 0.158. The molecule has 236 valence electrons. The van der Waals surface area contributed by atoms with Gasteiger partial charge in [0.2, 0.25) is 0 Å². The van der Waals surface area contributed by atoms with Crippen LogP contribution in [0.2, 0.25) is 18.1 Å². The SMILES string of the molecule is CCCCCCCOC(=O)[C@@H](C)[C@@]1(O)[C@@H](O)C[C@H]2[C@@H]3CC=C4C[C@@H](O[Si](C)(C)C(C)(C)C)CC[C@]4(C)[C@H]3CC[C@@]21C. The third-order valence-electron chi connectivity index (χ3n) is 13.1. The molecule has 3 fully saturated rings. The number of hydrogen-bond acceptors (Lipinski definition) is 5. The number of aliphatic hydroxyl groups is 2. The van der Waals surface area contributed by atoms with Gasteiger partial charge in [0, 0.05) is 11.5 Å². The minimum Gasteiger partial charge on any atom is -0.465 e. The van der Waals surface area contributed by atoms with Crippen LogP contribution in [0.4, 0.5) is 0 Å². The lowest BCUT2D eigenvalue weighted by Gasteiger charge is -2.59. The van der Waals surface area contributed by atoms with Crippen molar-refractivity contribution in [2.24, 2.45) is 34.5 Å². The molecule has 9 atom stereocenters. The van der Waals surface area contributed by atoms with Crippen LogP contribution in [-0.4, -0.2) is 48.9 Å². The number of aliphatic hydroxyl groups excluding tert-OH is 1. The Labute approximate surface area is 252 Å². The highest BCUT2D eigenvalue weighted by atomic mass is 28.4. The largest absolute Gasteiger partial charge is 0.465 e. The van der Waals surface area contributed by atoms with Crippen LogP contribution in [0.25, 0.3) is 0 Å². The van der Waals surface area contributed by atoms with E-state index in [2.05, 4.69) is 60.7 Å². The number of unbranched alkanes of at least 4 members (excludes halogenated alkanes) is 4. The van der Waals surface area contributed by atoms with Crippen molar-refractivity contribution in [1.82, 2.24) is 0 Å². The van der Waals surface area contributed by atoms with Crippen molar-refractivity contribution >= 4 is 14.3 Å². The lowest BCUT2D eigenvalue weighted by atomic mass is 9.46. The molecule has 41 heavy (non-hydrogen) atoms. The average molecular weight is 591 g/mol. The molecule has 0 saturated heterocycles. The number of fused-ring (bicyclic) bond motifs is 5. The lowest BCUT2D eigenvalue weighted by Crippen LogP contribution is -2.61. The number of carbonyl (C=O) groups excluding carboxylic acids is 1. The summed E-state index contributed by atoms with van der Waals surface area (Å²) in [5.41, 5.74) is -0.216. The summed E-state index contributed by atoms with van der Waals surface area (Å²) < 4.78 is 12.6. The van der Waals surface area contributed by atoms with Crippen molar-refractivity contribution in [2.45, 2.75) is 161 Å². The molecule has 6 heteroatoms. The van der Waals surface area contributed by atoms with Crippen molar-refractivity contribution in [2.75, 3.05) is 6.61 Å². The van der Waals surface area contributed by atoms with E-state index in [0.717, 1.165) is 57.8 Å². The van der Waals surface area contributed by atoms with Crippen LogP contribution in [0.15, 0.2) is 11.6 Å². The van der Waals surface area contributed by atoms with Gasteiger partial charge in [-0.2, -0.15) is 0 Å². The average Bonchev–Trinajstić information content (AvgIpc) is 3.11. The first-order valence-corrected chi connectivity index (χ1v) is 19.9. The molecule has 4 aliphatic rings. The molecule has 0 spiro atoms. The van der Waals surface area contributed by atoms with Gasteiger partial charge in [-0.25, -0.2) is 0 Å². The smallest absolute Gasteiger partial charge is 0.311 e. The predicted molar refractivity (Wildman–Crippen MR) is 169 cm³/mol. The second-order valence-corrected chi connectivity index (χ2v) is 21.1. The van der Waals surface area contributed by atoms with Crippen molar-refractivity contribution < 1.29 is 24.2 Å². The lowest BCUT2D eigenvalue weighted by molar-refractivity contribution is -0.197. The normalized spacial score (nSPS) is 39.8. The molecule has 0 aromatic heterocycles. The maximum Gasteiger partial charge on any atom is 0.311 e.